The van der Waals surface area contributed by atoms with Gasteiger partial charge in [0.15, 0.2) is 0 Å². The number of carbonyl (C=O) groups is 2. The zero-order chi connectivity index (χ0) is 17.4. The molecule has 0 atom stereocenters. The van der Waals surface area contributed by atoms with Gasteiger partial charge in [0.2, 0.25) is 0 Å². The number of hydrogen-bond acceptors (Lipinski definition) is 3. The molecule has 2 aromatic rings. The van der Waals surface area contributed by atoms with Crippen LogP contribution in [0.25, 0.3) is 0 Å². The minimum atomic E-state index is -0.481. The van der Waals surface area contributed by atoms with Gasteiger partial charge in [0, 0.05) is 18.7 Å². The Balaban J connectivity index is 2.07. The number of halogens is 1. The van der Waals surface area contributed by atoms with Crippen molar-refractivity contribution in [2.45, 2.75) is 20.0 Å². The third-order valence-corrected chi connectivity index (χ3v) is 3.83. The number of alkyl halides is 1. The van der Waals surface area contributed by atoms with E-state index in [1.807, 2.05) is 61.5 Å². The van der Waals surface area contributed by atoms with Crippen LogP contribution in [0.5, 0.6) is 0 Å². The third-order valence-electron chi connectivity index (χ3n) is 3.53. The van der Waals surface area contributed by atoms with E-state index in [1.165, 1.54) is 4.90 Å². The minimum Gasteiger partial charge on any atom is -0.444 e. The number of nitrogens with zero attached hydrogens (tertiary/aromatic N) is 1. The molecule has 0 spiro atoms. The van der Waals surface area contributed by atoms with Crippen LogP contribution in [-0.2, 0) is 16.1 Å². The predicted molar refractivity (Wildman–Crippen MR) is 95.5 cm³/mol. The molecule has 0 radical (unpaired) electrons. The molecule has 0 aromatic heterocycles. The van der Waals surface area contributed by atoms with Crippen LogP contribution in [-0.4, -0.2) is 24.3 Å². The monoisotopic (exact) mass is 345 g/mol. The van der Waals surface area contributed by atoms with Gasteiger partial charge in [0.1, 0.15) is 12.4 Å². The summed E-state index contributed by atoms with van der Waals surface area (Å²) in [4.78, 5) is 25.4. The lowest BCUT2D eigenvalue weighted by molar-refractivity contribution is -0.116. The van der Waals surface area contributed by atoms with E-state index in [-0.39, 0.29) is 31.2 Å². The molecule has 0 heterocycles. The van der Waals surface area contributed by atoms with Crippen LogP contribution in [0.4, 0.5) is 10.5 Å². The summed E-state index contributed by atoms with van der Waals surface area (Å²) in [6.45, 7) is 2.40. The first kappa shape index (κ1) is 18.0. The molecule has 24 heavy (non-hydrogen) atoms. The van der Waals surface area contributed by atoms with E-state index in [2.05, 4.69) is 0 Å². The van der Waals surface area contributed by atoms with Gasteiger partial charge in [0.05, 0.1) is 5.88 Å². The predicted octanol–water partition coefficient (Wildman–Crippen LogP) is 4.34. The maximum Gasteiger partial charge on any atom is 0.414 e. The van der Waals surface area contributed by atoms with Gasteiger partial charge in [-0.2, -0.15) is 0 Å². The van der Waals surface area contributed by atoms with Gasteiger partial charge in [-0.05, 0) is 24.6 Å². The van der Waals surface area contributed by atoms with Crippen molar-refractivity contribution in [3.8, 4) is 0 Å². The smallest absolute Gasteiger partial charge is 0.414 e. The van der Waals surface area contributed by atoms with Gasteiger partial charge in [-0.1, -0.05) is 48.0 Å². The molecule has 2 rings (SSSR count). The van der Waals surface area contributed by atoms with Gasteiger partial charge in [0.25, 0.3) is 0 Å². The van der Waals surface area contributed by atoms with Crippen LogP contribution in [0.15, 0.2) is 54.6 Å². The largest absolute Gasteiger partial charge is 0.444 e. The highest BCUT2D eigenvalue weighted by molar-refractivity contribution is 6.27. The molecule has 0 saturated heterocycles. The summed E-state index contributed by atoms with van der Waals surface area (Å²) in [5, 5.41) is 0. The Kier molecular flexibility index (Phi) is 6.82. The second kappa shape index (κ2) is 9.08. The van der Waals surface area contributed by atoms with E-state index in [0.717, 1.165) is 11.1 Å². The summed E-state index contributed by atoms with van der Waals surface area (Å²) in [6.07, 6.45) is -0.289. The topological polar surface area (TPSA) is 46.6 Å². The Hall–Kier alpha value is -2.33. The van der Waals surface area contributed by atoms with Gasteiger partial charge in [-0.15, -0.1) is 11.6 Å². The zero-order valence-corrected chi connectivity index (χ0v) is 14.3. The minimum absolute atomic E-state index is 0.0548. The second-order valence-electron chi connectivity index (χ2n) is 5.45. The summed E-state index contributed by atoms with van der Waals surface area (Å²) in [6, 6.07) is 17.0. The average Bonchev–Trinajstić information content (AvgIpc) is 2.62. The normalized spacial score (nSPS) is 10.2. The van der Waals surface area contributed by atoms with E-state index in [4.69, 9.17) is 16.3 Å². The van der Waals surface area contributed by atoms with Crippen molar-refractivity contribution in [3.05, 3.63) is 65.7 Å². The Morgan fingerprint density at radius 3 is 2.33 bits per heavy atom. The van der Waals surface area contributed by atoms with E-state index in [0.29, 0.717) is 5.69 Å². The number of amides is 1. The fourth-order valence-electron chi connectivity index (χ4n) is 2.15. The summed E-state index contributed by atoms with van der Waals surface area (Å²) < 4.78 is 5.38. The maximum atomic E-state index is 12.5. The van der Waals surface area contributed by atoms with Crippen molar-refractivity contribution in [2.24, 2.45) is 0 Å². The maximum absolute atomic E-state index is 12.5. The number of Topliss-reactive ketones (excluding diaryl/α,β-unsaturated/α-hetero) is 1. The summed E-state index contributed by atoms with van der Waals surface area (Å²) in [7, 11) is 0. The first-order valence-electron chi connectivity index (χ1n) is 7.72. The first-order valence-corrected chi connectivity index (χ1v) is 8.26. The number of aryl methyl sites for hydroxylation is 1. The Morgan fingerprint density at radius 2 is 1.71 bits per heavy atom. The summed E-state index contributed by atoms with van der Waals surface area (Å²) >= 11 is 5.54. The van der Waals surface area contributed by atoms with Gasteiger partial charge < -0.3 is 4.74 Å². The molecule has 0 N–H and O–H groups in total. The summed E-state index contributed by atoms with van der Waals surface area (Å²) in [5.74, 6) is -0.162. The molecule has 4 nitrogen and oxygen atoms in total. The van der Waals surface area contributed by atoms with Crippen molar-refractivity contribution >= 4 is 29.2 Å². The molecule has 0 aliphatic heterocycles. The number of carbonyl (C=O) groups excluding carboxylic acids is 2. The third kappa shape index (κ3) is 5.39. The highest BCUT2D eigenvalue weighted by Crippen LogP contribution is 2.17. The number of ether oxygens (including phenoxy) is 1. The number of rotatable bonds is 7. The van der Waals surface area contributed by atoms with Gasteiger partial charge in [-0.25, -0.2) is 4.79 Å². The van der Waals surface area contributed by atoms with E-state index >= 15 is 0 Å². The van der Waals surface area contributed by atoms with Crippen LogP contribution in [0.2, 0.25) is 0 Å². The molecule has 0 unspecified atom stereocenters. The fraction of sp³-hybridized carbons (Fsp3) is 0.263. The average molecular weight is 346 g/mol. The van der Waals surface area contributed by atoms with Gasteiger partial charge in [-0.3, -0.25) is 9.69 Å². The quantitative estimate of drug-likeness (QED) is 0.701. The van der Waals surface area contributed by atoms with Crippen LogP contribution in [0.1, 0.15) is 17.5 Å². The van der Waals surface area contributed by atoms with Crippen molar-refractivity contribution in [2.75, 3.05) is 17.3 Å². The van der Waals surface area contributed by atoms with Crippen molar-refractivity contribution in [3.63, 3.8) is 0 Å². The van der Waals surface area contributed by atoms with Crippen LogP contribution >= 0.6 is 11.6 Å². The SMILES string of the molecule is Cc1ccc(N(CCC(=O)CCl)C(=O)OCc2ccccc2)cc1. The molecular weight excluding hydrogens is 326 g/mol. The molecule has 5 heteroatoms. The Bertz CT molecular complexity index is 671. The molecule has 1 amide bonds. The molecule has 0 fully saturated rings. The van der Waals surface area contributed by atoms with Gasteiger partial charge >= 0.3 is 6.09 Å². The summed E-state index contributed by atoms with van der Waals surface area (Å²) in [5.41, 5.74) is 2.70. The van der Waals surface area contributed by atoms with Crippen LogP contribution in [0.3, 0.4) is 0 Å². The van der Waals surface area contributed by atoms with Crippen molar-refractivity contribution < 1.29 is 14.3 Å². The van der Waals surface area contributed by atoms with Crippen LogP contribution < -0.4 is 4.90 Å². The lowest BCUT2D eigenvalue weighted by Gasteiger charge is -2.22. The van der Waals surface area contributed by atoms with Crippen molar-refractivity contribution in [1.29, 1.82) is 0 Å². The Morgan fingerprint density at radius 1 is 1.04 bits per heavy atom. The second-order valence-corrected chi connectivity index (χ2v) is 5.72. The first-order chi connectivity index (χ1) is 11.6. The number of ketones is 1. The molecule has 0 aliphatic rings. The molecule has 126 valence electrons. The molecule has 0 bridgehead atoms. The van der Waals surface area contributed by atoms with E-state index in [1.54, 1.807) is 0 Å². The Labute approximate surface area is 147 Å². The lowest BCUT2D eigenvalue weighted by Crippen LogP contribution is -2.33. The molecule has 0 aliphatic carbocycles. The number of hydrogen-bond donors (Lipinski definition) is 0. The molecule has 0 saturated carbocycles. The van der Waals surface area contributed by atoms with E-state index < -0.39 is 6.09 Å². The highest BCUT2D eigenvalue weighted by atomic mass is 35.5. The molecule has 2 aromatic carbocycles. The zero-order valence-electron chi connectivity index (χ0n) is 13.6. The highest BCUT2D eigenvalue weighted by Gasteiger charge is 2.18. The number of anilines is 1. The number of benzene rings is 2. The molecular formula is C19H20ClNO3. The lowest BCUT2D eigenvalue weighted by atomic mass is 10.2. The van der Waals surface area contributed by atoms with Crippen LogP contribution in [0, 0.1) is 6.92 Å². The van der Waals surface area contributed by atoms with Crippen molar-refractivity contribution in [1.82, 2.24) is 0 Å². The van der Waals surface area contributed by atoms with E-state index in [9.17, 15) is 9.59 Å². The standard InChI is InChI=1S/C19H20ClNO3/c1-15-7-9-17(10-8-15)21(12-11-18(22)13-20)19(23)24-14-16-5-3-2-4-6-16/h2-10H,11-14H2,1H3. The fourth-order valence-corrected chi connectivity index (χ4v) is 2.28.